The van der Waals surface area contributed by atoms with E-state index in [9.17, 15) is 10.0 Å². The molecule has 0 spiro atoms. The van der Waals surface area contributed by atoms with Crippen molar-refractivity contribution >= 4 is 5.97 Å². The first-order valence-corrected chi connectivity index (χ1v) is 8.31. The summed E-state index contributed by atoms with van der Waals surface area (Å²) in [5, 5.41) is 22.8. The normalized spacial score (nSPS) is 10.6. The van der Waals surface area contributed by atoms with Gasteiger partial charge in [-0.2, -0.15) is 0 Å². The monoisotopic (exact) mass is 351 g/mol. The van der Waals surface area contributed by atoms with Gasteiger partial charge in [-0.05, 0) is 12.8 Å². The molecule has 0 radical (unpaired) electrons. The fourth-order valence-corrected chi connectivity index (χ4v) is 2.07. The number of rotatable bonds is 10. The van der Waals surface area contributed by atoms with Crippen LogP contribution in [0.5, 0.6) is 11.5 Å². The molecule has 0 saturated heterocycles. The molecule has 2 rings (SSSR count). The maximum Gasteiger partial charge on any atom is 0.374 e. The van der Waals surface area contributed by atoms with E-state index in [1.54, 1.807) is 6.07 Å². The van der Waals surface area contributed by atoms with E-state index in [0.717, 1.165) is 30.4 Å². The third-order valence-corrected chi connectivity index (χ3v) is 3.49. The van der Waals surface area contributed by atoms with Crippen LogP contribution in [0.3, 0.4) is 0 Å². The van der Waals surface area contributed by atoms with Crippen molar-refractivity contribution in [1.29, 1.82) is 0 Å². The van der Waals surface area contributed by atoms with E-state index in [1.807, 2.05) is 0 Å². The Bertz CT molecular complexity index is 713. The molecule has 0 unspecified atom stereocenters. The van der Waals surface area contributed by atoms with Gasteiger partial charge in [0.05, 0.1) is 19.3 Å². The van der Waals surface area contributed by atoms with Crippen LogP contribution in [0.1, 0.15) is 50.1 Å². The van der Waals surface area contributed by atoms with Crippen molar-refractivity contribution in [1.82, 2.24) is 5.16 Å². The summed E-state index contributed by atoms with van der Waals surface area (Å²) in [4.78, 5) is 10.9. The average Bonchev–Trinajstić information content (AvgIpc) is 3.07. The Morgan fingerprint density at radius 2 is 1.80 bits per heavy atom. The molecule has 2 aromatic rings. The first-order valence-electron chi connectivity index (χ1n) is 8.31. The second kappa shape index (κ2) is 8.91. The number of unbranched alkanes of at least 4 members (excludes halogenated alkanes) is 2. The molecule has 0 atom stereocenters. The predicted molar refractivity (Wildman–Crippen MR) is 87.1 cm³/mol. The molecular formula is C17H23N2O6+. The lowest BCUT2D eigenvalue weighted by Gasteiger charge is -2.11. The van der Waals surface area contributed by atoms with Crippen LogP contribution in [0.25, 0.3) is 11.4 Å². The summed E-state index contributed by atoms with van der Waals surface area (Å²) in [6.07, 6.45) is 5.11. The van der Waals surface area contributed by atoms with E-state index >= 15 is 0 Å². The molecular weight excluding hydrogens is 328 g/mol. The number of hydrogen-bond donors (Lipinski definition) is 2. The smallest absolute Gasteiger partial charge is 0.374 e. The second-order valence-electron chi connectivity index (χ2n) is 5.52. The number of hydrogen-bond acceptors (Lipinski definition) is 6. The van der Waals surface area contributed by atoms with E-state index in [2.05, 4.69) is 19.0 Å². The van der Waals surface area contributed by atoms with E-state index in [1.165, 1.54) is 12.3 Å². The molecule has 0 bridgehead atoms. The molecule has 0 saturated carbocycles. The van der Waals surface area contributed by atoms with Crippen LogP contribution >= 0.6 is 0 Å². The third kappa shape index (κ3) is 4.85. The second-order valence-corrected chi connectivity index (χ2v) is 5.52. The molecule has 25 heavy (non-hydrogen) atoms. The number of carbonyl (C=O) groups is 1. The molecule has 2 aromatic heterocycles. The predicted octanol–water partition coefficient (Wildman–Crippen LogP) is 2.92. The van der Waals surface area contributed by atoms with Gasteiger partial charge in [0.1, 0.15) is 0 Å². The Balaban J connectivity index is 2.32. The topological polar surface area (TPSA) is 106 Å². The SMILES string of the molecule is CCCCOc1cc(-c2cc(C(=O)O)on2)[n+](O)cc1OCCCC. The number of aromatic carboxylic acids is 1. The summed E-state index contributed by atoms with van der Waals surface area (Å²) in [7, 11) is 0. The summed E-state index contributed by atoms with van der Waals surface area (Å²) in [6, 6.07) is 2.79. The molecule has 8 nitrogen and oxygen atoms in total. The molecule has 0 aliphatic carbocycles. The first-order chi connectivity index (χ1) is 12.1. The van der Waals surface area contributed by atoms with Gasteiger partial charge in [-0.15, -0.1) is 0 Å². The highest BCUT2D eigenvalue weighted by atomic mass is 16.5. The summed E-state index contributed by atoms with van der Waals surface area (Å²) >= 11 is 0. The number of ether oxygens (including phenoxy) is 2. The van der Waals surface area contributed by atoms with Gasteiger partial charge in [0.2, 0.25) is 11.5 Å². The zero-order valence-corrected chi connectivity index (χ0v) is 14.4. The molecule has 0 fully saturated rings. The Morgan fingerprint density at radius 1 is 1.16 bits per heavy atom. The van der Waals surface area contributed by atoms with Gasteiger partial charge in [-0.25, -0.2) is 4.79 Å². The van der Waals surface area contributed by atoms with Crippen molar-refractivity contribution in [3.05, 3.63) is 24.1 Å². The van der Waals surface area contributed by atoms with Crippen LogP contribution in [0.2, 0.25) is 0 Å². The van der Waals surface area contributed by atoms with E-state index in [-0.39, 0.29) is 17.1 Å². The maximum atomic E-state index is 10.9. The minimum absolute atomic E-state index is 0.181. The zero-order valence-electron chi connectivity index (χ0n) is 14.4. The van der Waals surface area contributed by atoms with Crippen LogP contribution in [0.15, 0.2) is 22.9 Å². The van der Waals surface area contributed by atoms with Crippen molar-refractivity contribution in [3.63, 3.8) is 0 Å². The molecule has 8 heteroatoms. The molecule has 0 aliphatic rings. The number of nitrogens with zero attached hydrogens (tertiary/aromatic N) is 2. The lowest BCUT2D eigenvalue weighted by Crippen LogP contribution is -2.33. The Morgan fingerprint density at radius 3 is 2.36 bits per heavy atom. The lowest BCUT2D eigenvalue weighted by atomic mass is 10.2. The standard InChI is InChI=1S/C17H22N2O6/c1-3-5-7-23-14-10-13(12-9-15(17(20)21)25-18-12)19(22)11-16(14)24-8-6-4-2/h9-11H,3-8H2,1-2H3,(H-,18,20,21,22)/p+1. The highest BCUT2D eigenvalue weighted by molar-refractivity contribution is 5.85. The van der Waals surface area contributed by atoms with Gasteiger partial charge in [0, 0.05) is 10.8 Å². The van der Waals surface area contributed by atoms with Gasteiger partial charge < -0.3 is 19.1 Å². The van der Waals surface area contributed by atoms with Crippen molar-refractivity contribution in [3.8, 4) is 22.9 Å². The van der Waals surface area contributed by atoms with E-state index in [4.69, 9.17) is 19.1 Å². The highest BCUT2D eigenvalue weighted by Crippen LogP contribution is 2.30. The van der Waals surface area contributed by atoms with Crippen molar-refractivity contribution in [2.45, 2.75) is 39.5 Å². The van der Waals surface area contributed by atoms with Crippen LogP contribution in [-0.4, -0.2) is 34.7 Å². The quantitative estimate of drug-likeness (QED) is 0.385. The van der Waals surface area contributed by atoms with Crippen LogP contribution in [0.4, 0.5) is 0 Å². The molecule has 2 heterocycles. The van der Waals surface area contributed by atoms with Gasteiger partial charge in [-0.1, -0.05) is 31.8 Å². The third-order valence-electron chi connectivity index (χ3n) is 3.49. The number of pyridine rings is 1. The Labute approximate surface area is 145 Å². The minimum Gasteiger partial charge on any atom is -0.489 e. The summed E-state index contributed by atoms with van der Waals surface area (Å²) < 4.78 is 17.0. The number of carboxylic acids is 1. The maximum absolute atomic E-state index is 10.9. The van der Waals surface area contributed by atoms with Crippen molar-refractivity contribution in [2.75, 3.05) is 13.2 Å². The van der Waals surface area contributed by atoms with E-state index in [0.29, 0.717) is 24.7 Å². The Kier molecular flexibility index (Phi) is 6.62. The highest BCUT2D eigenvalue weighted by Gasteiger charge is 2.25. The van der Waals surface area contributed by atoms with E-state index < -0.39 is 5.97 Å². The summed E-state index contributed by atoms with van der Waals surface area (Å²) in [6.45, 7) is 5.13. The number of aromatic nitrogens is 2. The molecule has 0 amide bonds. The van der Waals surface area contributed by atoms with Crippen molar-refractivity contribution < 1.29 is 33.8 Å². The van der Waals surface area contributed by atoms with Crippen LogP contribution in [0, 0.1) is 0 Å². The molecule has 0 aliphatic heterocycles. The van der Waals surface area contributed by atoms with Crippen LogP contribution < -0.4 is 14.2 Å². The first kappa shape index (κ1) is 18.6. The van der Waals surface area contributed by atoms with Gasteiger partial charge in [0.15, 0.2) is 11.4 Å². The summed E-state index contributed by atoms with van der Waals surface area (Å²) in [5.74, 6) is -0.670. The summed E-state index contributed by atoms with van der Waals surface area (Å²) in [5.41, 5.74) is 0.422. The average molecular weight is 351 g/mol. The lowest BCUT2D eigenvalue weighted by molar-refractivity contribution is -0.896. The van der Waals surface area contributed by atoms with Gasteiger partial charge in [0.25, 0.3) is 11.9 Å². The van der Waals surface area contributed by atoms with Crippen molar-refractivity contribution in [2.24, 2.45) is 0 Å². The number of carboxylic acid groups (broad SMARTS) is 1. The molecule has 2 N–H and O–H groups in total. The largest absolute Gasteiger partial charge is 0.489 e. The van der Waals surface area contributed by atoms with Gasteiger partial charge >= 0.3 is 5.97 Å². The fourth-order valence-electron chi connectivity index (χ4n) is 2.07. The Hall–Kier alpha value is -2.77. The fraction of sp³-hybridized carbons (Fsp3) is 0.471. The van der Waals surface area contributed by atoms with Gasteiger partial charge in [-0.3, -0.25) is 5.21 Å². The zero-order chi connectivity index (χ0) is 18.2. The minimum atomic E-state index is -1.23. The van der Waals surface area contributed by atoms with Crippen LogP contribution in [-0.2, 0) is 0 Å². The molecule has 0 aromatic carbocycles. The molecule has 136 valence electrons.